The van der Waals surface area contributed by atoms with Crippen molar-refractivity contribution in [1.29, 1.82) is 0 Å². The summed E-state index contributed by atoms with van der Waals surface area (Å²) in [6, 6.07) is 5.56. The van der Waals surface area contributed by atoms with Crippen LogP contribution in [0.25, 0.3) is 0 Å². The third-order valence-electron chi connectivity index (χ3n) is 2.78. The minimum Gasteiger partial charge on any atom is -0.345 e. The Balaban J connectivity index is 2.49. The maximum absolute atomic E-state index is 12.5. The smallest absolute Gasteiger partial charge is 0.264 e. The van der Waals surface area contributed by atoms with Gasteiger partial charge in [-0.3, -0.25) is 9.52 Å². The summed E-state index contributed by atoms with van der Waals surface area (Å²) in [5.41, 5.74) is 0.231. The average molecular weight is 414 g/mol. The summed E-state index contributed by atoms with van der Waals surface area (Å²) in [7, 11) is -0.886. The molecule has 0 saturated heterocycles. The Kier molecular flexibility index (Phi) is 5.48. The molecule has 1 heterocycles. The molecule has 0 spiro atoms. The van der Waals surface area contributed by atoms with E-state index in [1.807, 2.05) is 0 Å². The van der Waals surface area contributed by atoms with Gasteiger partial charge in [-0.2, -0.15) is 0 Å². The molecule has 0 aliphatic heterocycles. The van der Waals surface area contributed by atoms with Crippen LogP contribution >= 0.6 is 46.1 Å². The van der Waals surface area contributed by atoms with Gasteiger partial charge in [-0.05, 0) is 24.3 Å². The minimum atomic E-state index is -4.01. The molecule has 124 valence electrons. The van der Waals surface area contributed by atoms with Gasteiger partial charge in [0.15, 0.2) is 0 Å². The first kappa shape index (κ1) is 18.4. The topological polar surface area (TPSA) is 66.5 Å². The average Bonchev–Trinajstić information content (AvgIpc) is 2.77. The number of sulfonamides is 1. The molecular formula is C13H11Cl3N2O3S2. The first-order chi connectivity index (χ1) is 10.6. The molecule has 23 heavy (non-hydrogen) atoms. The van der Waals surface area contributed by atoms with Gasteiger partial charge >= 0.3 is 0 Å². The molecule has 0 unspecified atom stereocenters. The predicted octanol–water partition coefficient (Wildman–Crippen LogP) is 4.21. The van der Waals surface area contributed by atoms with Crippen LogP contribution in [0.2, 0.25) is 13.7 Å². The fourth-order valence-corrected chi connectivity index (χ4v) is 5.13. The van der Waals surface area contributed by atoms with E-state index in [4.69, 9.17) is 34.8 Å². The number of hydrogen-bond donors (Lipinski definition) is 1. The molecule has 0 radical (unpaired) electrons. The van der Waals surface area contributed by atoms with Crippen molar-refractivity contribution >= 4 is 67.8 Å². The summed E-state index contributed by atoms with van der Waals surface area (Å²) in [6.45, 7) is 0. The molecule has 1 N–H and O–H groups in total. The van der Waals surface area contributed by atoms with Crippen molar-refractivity contribution in [3.8, 4) is 0 Å². The molecule has 10 heteroatoms. The Labute approximate surface area is 152 Å². The van der Waals surface area contributed by atoms with Crippen molar-refractivity contribution in [2.24, 2.45) is 0 Å². The molecule has 0 atom stereocenters. The normalized spacial score (nSPS) is 11.3. The Morgan fingerprint density at radius 1 is 1.17 bits per heavy atom. The van der Waals surface area contributed by atoms with Crippen molar-refractivity contribution < 1.29 is 13.2 Å². The van der Waals surface area contributed by atoms with E-state index in [1.165, 1.54) is 29.2 Å². The lowest BCUT2D eigenvalue weighted by Gasteiger charge is -2.15. The highest BCUT2D eigenvalue weighted by atomic mass is 35.5. The second kappa shape index (κ2) is 6.86. The number of carbonyl (C=O) groups excluding carboxylic acids is 1. The van der Waals surface area contributed by atoms with Gasteiger partial charge in [-0.1, -0.05) is 34.8 Å². The highest BCUT2D eigenvalue weighted by Gasteiger charge is 2.24. The van der Waals surface area contributed by atoms with Crippen LogP contribution in [0.4, 0.5) is 5.69 Å². The molecule has 0 saturated carbocycles. The SMILES string of the molecule is CN(C)C(=O)c1ccc(Cl)cc1NS(=O)(=O)c1cc(Cl)sc1Cl. The lowest BCUT2D eigenvalue weighted by atomic mass is 10.1. The van der Waals surface area contributed by atoms with Crippen LogP contribution in [-0.2, 0) is 10.0 Å². The second-order valence-corrected chi connectivity index (χ2v) is 9.06. The zero-order chi connectivity index (χ0) is 17.4. The van der Waals surface area contributed by atoms with Gasteiger partial charge in [0.1, 0.15) is 9.23 Å². The molecule has 1 aromatic carbocycles. The fourth-order valence-electron chi connectivity index (χ4n) is 1.74. The third-order valence-corrected chi connectivity index (χ3v) is 6.13. The number of thiophene rings is 1. The Hall–Kier alpha value is -0.990. The maximum Gasteiger partial charge on any atom is 0.264 e. The van der Waals surface area contributed by atoms with Crippen molar-refractivity contribution in [2.45, 2.75) is 4.90 Å². The number of benzene rings is 1. The zero-order valence-corrected chi connectivity index (χ0v) is 15.8. The Morgan fingerprint density at radius 2 is 1.83 bits per heavy atom. The molecule has 0 aliphatic rings. The van der Waals surface area contributed by atoms with E-state index in [2.05, 4.69) is 4.72 Å². The summed E-state index contributed by atoms with van der Waals surface area (Å²) in [4.78, 5) is 13.3. The molecule has 1 amide bonds. The van der Waals surface area contributed by atoms with Gasteiger partial charge in [-0.25, -0.2) is 8.42 Å². The van der Waals surface area contributed by atoms with E-state index in [0.29, 0.717) is 0 Å². The number of halogens is 3. The largest absolute Gasteiger partial charge is 0.345 e. The fraction of sp³-hybridized carbons (Fsp3) is 0.154. The molecule has 0 bridgehead atoms. The number of rotatable bonds is 4. The second-order valence-electron chi connectivity index (χ2n) is 4.68. The van der Waals surface area contributed by atoms with Crippen LogP contribution in [0.1, 0.15) is 10.4 Å². The Morgan fingerprint density at radius 3 is 2.35 bits per heavy atom. The molecule has 1 aromatic heterocycles. The summed E-state index contributed by atoms with van der Waals surface area (Å²) < 4.78 is 27.6. The monoisotopic (exact) mass is 412 g/mol. The maximum atomic E-state index is 12.5. The van der Waals surface area contributed by atoms with Crippen molar-refractivity contribution in [2.75, 3.05) is 18.8 Å². The molecule has 2 rings (SSSR count). The first-order valence-corrected chi connectivity index (χ1v) is 9.54. The number of hydrogen-bond acceptors (Lipinski definition) is 4. The summed E-state index contributed by atoms with van der Waals surface area (Å²) >= 11 is 18.5. The van der Waals surface area contributed by atoms with Gasteiger partial charge in [0, 0.05) is 19.1 Å². The number of anilines is 1. The minimum absolute atomic E-state index is 0.0324. The highest BCUT2D eigenvalue weighted by molar-refractivity contribution is 7.93. The number of carbonyl (C=O) groups is 1. The number of amides is 1. The number of nitrogens with zero attached hydrogens (tertiary/aromatic N) is 1. The highest BCUT2D eigenvalue weighted by Crippen LogP contribution is 2.35. The third kappa shape index (κ3) is 4.10. The van der Waals surface area contributed by atoms with E-state index >= 15 is 0 Å². The van der Waals surface area contributed by atoms with Gasteiger partial charge in [-0.15, -0.1) is 11.3 Å². The van der Waals surface area contributed by atoms with Crippen LogP contribution in [-0.4, -0.2) is 33.3 Å². The van der Waals surface area contributed by atoms with Crippen LogP contribution in [0.3, 0.4) is 0 Å². The zero-order valence-electron chi connectivity index (χ0n) is 11.9. The summed E-state index contributed by atoms with van der Waals surface area (Å²) in [5.74, 6) is -0.367. The van der Waals surface area contributed by atoms with Crippen molar-refractivity contribution in [3.05, 3.63) is 43.5 Å². The quantitative estimate of drug-likeness (QED) is 0.816. The molecular weight excluding hydrogens is 403 g/mol. The Bertz CT molecular complexity index is 863. The van der Waals surface area contributed by atoms with Gasteiger partial charge in [0.05, 0.1) is 15.6 Å². The standard InChI is InChI=1S/C13H11Cl3N2O3S2/c1-18(2)13(19)8-4-3-7(14)5-9(8)17-23(20,21)10-6-11(15)22-12(10)16/h3-6,17H,1-2H3. The molecule has 0 aliphatic carbocycles. The molecule has 2 aromatic rings. The van der Waals surface area contributed by atoms with E-state index < -0.39 is 10.0 Å². The van der Waals surface area contributed by atoms with E-state index in [0.717, 1.165) is 11.3 Å². The van der Waals surface area contributed by atoms with Crippen molar-refractivity contribution in [1.82, 2.24) is 4.90 Å². The van der Waals surface area contributed by atoms with Crippen molar-refractivity contribution in [3.63, 3.8) is 0 Å². The predicted molar refractivity (Wildman–Crippen MR) is 94.6 cm³/mol. The number of nitrogens with one attached hydrogen (secondary N) is 1. The molecule has 5 nitrogen and oxygen atoms in total. The van der Waals surface area contributed by atoms with Crippen LogP contribution in [0.5, 0.6) is 0 Å². The van der Waals surface area contributed by atoms with Crippen LogP contribution in [0, 0.1) is 0 Å². The van der Waals surface area contributed by atoms with Crippen LogP contribution in [0.15, 0.2) is 29.2 Å². The van der Waals surface area contributed by atoms with Gasteiger partial charge in [0.25, 0.3) is 15.9 Å². The lowest BCUT2D eigenvalue weighted by molar-refractivity contribution is 0.0828. The molecule has 0 fully saturated rings. The van der Waals surface area contributed by atoms with E-state index in [1.54, 1.807) is 14.1 Å². The van der Waals surface area contributed by atoms with E-state index in [9.17, 15) is 13.2 Å². The van der Waals surface area contributed by atoms with E-state index in [-0.39, 0.29) is 35.7 Å². The lowest BCUT2D eigenvalue weighted by Crippen LogP contribution is -2.24. The summed E-state index contributed by atoms with van der Waals surface area (Å²) in [6.07, 6.45) is 0. The van der Waals surface area contributed by atoms with Gasteiger partial charge < -0.3 is 4.90 Å². The summed E-state index contributed by atoms with van der Waals surface area (Å²) in [5, 5.41) is 0.285. The van der Waals surface area contributed by atoms with Gasteiger partial charge in [0.2, 0.25) is 0 Å². The van der Waals surface area contributed by atoms with Crippen LogP contribution < -0.4 is 4.72 Å². The first-order valence-electron chi connectivity index (χ1n) is 6.10.